The summed E-state index contributed by atoms with van der Waals surface area (Å²) in [6.07, 6.45) is -2.37. The molecule has 9 heteroatoms. The first kappa shape index (κ1) is 18.1. The molecule has 0 spiro atoms. The number of sulfone groups is 1. The summed E-state index contributed by atoms with van der Waals surface area (Å²) in [5, 5.41) is 0. The van der Waals surface area contributed by atoms with Gasteiger partial charge >= 0.3 is 6.18 Å². The number of H-pyrrole nitrogens is 1. The van der Waals surface area contributed by atoms with Crippen molar-refractivity contribution in [3.63, 3.8) is 0 Å². The van der Waals surface area contributed by atoms with Crippen molar-refractivity contribution in [3.8, 4) is 22.6 Å². The van der Waals surface area contributed by atoms with Crippen molar-refractivity contribution >= 4 is 9.84 Å². The van der Waals surface area contributed by atoms with Gasteiger partial charge < -0.3 is 4.98 Å². The lowest BCUT2D eigenvalue weighted by molar-refractivity contribution is -0.140. The van der Waals surface area contributed by atoms with Crippen molar-refractivity contribution in [2.45, 2.75) is 18.0 Å². The van der Waals surface area contributed by atoms with Gasteiger partial charge in [-0.25, -0.2) is 13.4 Å². The van der Waals surface area contributed by atoms with Gasteiger partial charge in [0.15, 0.2) is 15.5 Å². The van der Waals surface area contributed by atoms with E-state index in [1.165, 1.54) is 25.3 Å². The fourth-order valence-corrected chi connectivity index (χ4v) is 3.60. The number of nitrogens with one attached hydrogen (secondary N) is 1. The Labute approximate surface area is 147 Å². The fourth-order valence-electron chi connectivity index (χ4n) is 2.50. The number of aromatic nitrogens is 3. The van der Waals surface area contributed by atoms with Gasteiger partial charge in [0.1, 0.15) is 5.82 Å². The van der Waals surface area contributed by atoms with Crippen LogP contribution in [0.3, 0.4) is 0 Å². The zero-order valence-corrected chi connectivity index (χ0v) is 14.4. The molecule has 0 unspecified atom stereocenters. The second kappa shape index (κ2) is 6.56. The van der Waals surface area contributed by atoms with E-state index in [2.05, 4.69) is 15.0 Å². The smallest absolute Gasteiger partial charge is 0.344 e. The quantitative estimate of drug-likeness (QED) is 0.742. The van der Waals surface area contributed by atoms with Gasteiger partial charge in [0.2, 0.25) is 0 Å². The van der Waals surface area contributed by atoms with Crippen LogP contribution in [0.2, 0.25) is 0 Å². The largest absolute Gasteiger partial charge is 0.434 e. The molecule has 2 heterocycles. The maximum absolute atomic E-state index is 12.8. The number of alkyl halides is 3. The second-order valence-electron chi connectivity index (χ2n) is 5.43. The van der Waals surface area contributed by atoms with E-state index in [1.807, 2.05) is 0 Å². The van der Waals surface area contributed by atoms with E-state index in [0.29, 0.717) is 5.56 Å². The lowest BCUT2D eigenvalue weighted by atomic mass is 10.1. The number of nitrogens with zero attached hydrogens (tertiary/aromatic N) is 2. The zero-order valence-electron chi connectivity index (χ0n) is 13.6. The Balaban J connectivity index is 2.21. The van der Waals surface area contributed by atoms with Crippen molar-refractivity contribution in [2.75, 3.05) is 5.75 Å². The number of pyridine rings is 1. The van der Waals surface area contributed by atoms with Gasteiger partial charge in [-0.15, -0.1) is 0 Å². The topological polar surface area (TPSA) is 75.7 Å². The van der Waals surface area contributed by atoms with Crippen LogP contribution in [-0.2, 0) is 16.0 Å². The van der Waals surface area contributed by atoms with Crippen molar-refractivity contribution in [2.24, 2.45) is 0 Å². The molecule has 3 rings (SSSR count). The summed E-state index contributed by atoms with van der Waals surface area (Å²) in [6.45, 7) is 1.52. The van der Waals surface area contributed by atoms with Crippen LogP contribution < -0.4 is 0 Å². The molecule has 3 aromatic rings. The van der Waals surface area contributed by atoms with Gasteiger partial charge in [-0.1, -0.05) is 25.1 Å². The first-order valence-electron chi connectivity index (χ1n) is 7.64. The van der Waals surface area contributed by atoms with Crippen LogP contribution in [0.1, 0.15) is 12.6 Å². The maximum atomic E-state index is 12.8. The molecule has 0 amide bonds. The Hall–Kier alpha value is -2.68. The molecule has 1 aromatic carbocycles. The van der Waals surface area contributed by atoms with E-state index in [4.69, 9.17) is 0 Å². The van der Waals surface area contributed by atoms with Gasteiger partial charge in [-0.3, -0.25) is 4.98 Å². The highest BCUT2D eigenvalue weighted by atomic mass is 32.2. The highest BCUT2D eigenvalue weighted by Crippen LogP contribution is 2.35. The number of imidazole rings is 1. The molecule has 2 aromatic heterocycles. The SMILES string of the molecule is CCS(=O)(=O)c1ccccc1-c1ncccc1-c1nc(C(F)(F)F)c[nH]1. The summed E-state index contributed by atoms with van der Waals surface area (Å²) in [5.74, 6) is -0.144. The molecule has 0 fully saturated rings. The lowest BCUT2D eigenvalue weighted by Crippen LogP contribution is -2.06. The van der Waals surface area contributed by atoms with Gasteiger partial charge in [-0.05, 0) is 18.2 Å². The average Bonchev–Trinajstić information content (AvgIpc) is 3.12. The normalized spacial score (nSPS) is 12.3. The molecule has 0 radical (unpaired) electrons. The first-order valence-corrected chi connectivity index (χ1v) is 9.29. The van der Waals surface area contributed by atoms with Crippen LogP contribution in [0, 0.1) is 0 Å². The Bertz CT molecular complexity index is 1040. The molecule has 0 saturated carbocycles. The first-order chi connectivity index (χ1) is 12.2. The molecule has 26 heavy (non-hydrogen) atoms. The van der Waals surface area contributed by atoms with Crippen LogP contribution >= 0.6 is 0 Å². The third-order valence-electron chi connectivity index (χ3n) is 3.79. The zero-order chi connectivity index (χ0) is 18.9. The Morgan fingerprint density at radius 3 is 2.42 bits per heavy atom. The molecule has 0 aliphatic carbocycles. The summed E-state index contributed by atoms with van der Waals surface area (Å²) >= 11 is 0. The van der Waals surface area contributed by atoms with E-state index in [0.717, 1.165) is 6.20 Å². The standard InChI is InChI=1S/C17H14F3N3O2S/c1-2-26(24,25)13-8-4-3-6-11(13)15-12(7-5-9-21-15)16-22-10-14(23-16)17(18,19)20/h3-10H,2H2,1H3,(H,22,23). The molecule has 1 N–H and O–H groups in total. The van der Waals surface area contributed by atoms with Crippen LogP contribution in [0.4, 0.5) is 13.2 Å². The number of rotatable bonds is 4. The summed E-state index contributed by atoms with van der Waals surface area (Å²) in [4.78, 5) is 10.3. The molecule has 136 valence electrons. The predicted octanol–water partition coefficient (Wildman–Crippen LogP) is 3.95. The minimum Gasteiger partial charge on any atom is -0.344 e. The summed E-state index contributed by atoms with van der Waals surface area (Å²) in [5.41, 5.74) is -0.225. The van der Waals surface area contributed by atoms with Gasteiger partial charge in [-0.2, -0.15) is 13.2 Å². The van der Waals surface area contributed by atoms with Gasteiger partial charge in [0.25, 0.3) is 0 Å². The summed E-state index contributed by atoms with van der Waals surface area (Å²) in [6, 6.07) is 9.34. The van der Waals surface area contributed by atoms with Crippen LogP contribution in [-0.4, -0.2) is 29.1 Å². The molecular weight excluding hydrogens is 367 g/mol. The number of benzene rings is 1. The van der Waals surface area contributed by atoms with E-state index >= 15 is 0 Å². The van der Waals surface area contributed by atoms with Crippen LogP contribution in [0.25, 0.3) is 22.6 Å². The Kier molecular flexibility index (Phi) is 4.57. The minimum atomic E-state index is -4.58. The van der Waals surface area contributed by atoms with E-state index in [9.17, 15) is 21.6 Å². The molecule has 0 saturated heterocycles. The van der Waals surface area contributed by atoms with Gasteiger partial charge in [0, 0.05) is 23.5 Å². The van der Waals surface area contributed by atoms with Crippen molar-refractivity contribution < 1.29 is 21.6 Å². The number of hydrogen-bond donors (Lipinski definition) is 1. The predicted molar refractivity (Wildman–Crippen MR) is 90.0 cm³/mol. The molecule has 5 nitrogen and oxygen atoms in total. The van der Waals surface area contributed by atoms with Crippen LogP contribution in [0.15, 0.2) is 53.7 Å². The lowest BCUT2D eigenvalue weighted by Gasteiger charge is -2.11. The second-order valence-corrected chi connectivity index (χ2v) is 7.68. The van der Waals surface area contributed by atoms with E-state index in [1.54, 1.807) is 24.3 Å². The molecule has 0 bridgehead atoms. The minimum absolute atomic E-state index is 0.0378. The molecule has 0 aliphatic rings. The third kappa shape index (κ3) is 3.34. The maximum Gasteiger partial charge on any atom is 0.434 e. The molecule has 0 atom stereocenters. The highest BCUT2D eigenvalue weighted by molar-refractivity contribution is 7.91. The summed E-state index contributed by atoms with van der Waals surface area (Å²) < 4.78 is 63.2. The monoisotopic (exact) mass is 381 g/mol. The fraction of sp³-hybridized carbons (Fsp3) is 0.176. The number of halogens is 3. The van der Waals surface area contributed by atoms with Crippen LogP contribution in [0.5, 0.6) is 0 Å². The van der Waals surface area contributed by atoms with Gasteiger partial charge in [0.05, 0.1) is 16.3 Å². The third-order valence-corrected chi connectivity index (χ3v) is 5.57. The van der Waals surface area contributed by atoms with Crippen molar-refractivity contribution in [3.05, 3.63) is 54.5 Å². The van der Waals surface area contributed by atoms with Crippen molar-refractivity contribution in [1.82, 2.24) is 15.0 Å². The van der Waals surface area contributed by atoms with E-state index < -0.39 is 21.7 Å². The Morgan fingerprint density at radius 1 is 1.08 bits per heavy atom. The number of aromatic amines is 1. The highest BCUT2D eigenvalue weighted by Gasteiger charge is 2.34. The molecule has 0 aliphatic heterocycles. The van der Waals surface area contributed by atoms with Crippen molar-refractivity contribution in [1.29, 1.82) is 0 Å². The molecular formula is C17H14F3N3O2S. The van der Waals surface area contributed by atoms with E-state index in [-0.39, 0.29) is 27.7 Å². The number of hydrogen-bond acceptors (Lipinski definition) is 4. The summed E-state index contributed by atoms with van der Waals surface area (Å²) in [7, 11) is -3.54. The Morgan fingerprint density at radius 2 is 1.77 bits per heavy atom. The average molecular weight is 381 g/mol.